The number of hydrogen-bond donors (Lipinski definition) is 0. The van der Waals surface area contributed by atoms with Gasteiger partial charge in [-0.15, -0.1) is 0 Å². The molecule has 0 bridgehead atoms. The van der Waals surface area contributed by atoms with Crippen molar-refractivity contribution in [3.8, 4) is 0 Å². The van der Waals surface area contributed by atoms with Gasteiger partial charge in [-0.1, -0.05) is 53.8 Å². The van der Waals surface area contributed by atoms with E-state index in [-0.39, 0.29) is 21.5 Å². The Morgan fingerprint density at radius 1 is 1.00 bits per heavy atom. The third-order valence-corrected chi connectivity index (χ3v) is 10.6. The molecule has 0 fully saturated rings. The number of amides is 1. The third-order valence-electron chi connectivity index (χ3n) is 7.76. The van der Waals surface area contributed by atoms with Crippen LogP contribution in [-0.4, -0.2) is 36.4 Å². The number of anilines is 1. The zero-order chi connectivity index (χ0) is 31.1. The number of hydrazone groups is 1. The van der Waals surface area contributed by atoms with Gasteiger partial charge in [0.05, 0.1) is 32.3 Å². The Labute approximate surface area is 262 Å². The first-order chi connectivity index (χ1) is 21.8. The van der Waals surface area contributed by atoms with Gasteiger partial charge in [0.25, 0.3) is 5.91 Å². The topological polar surface area (TPSA) is 113 Å². The van der Waals surface area contributed by atoms with E-state index in [9.17, 15) is 18.0 Å². The first-order valence-corrected chi connectivity index (χ1v) is 16.5. The zero-order valence-corrected chi connectivity index (χ0v) is 25.7. The number of carbonyl (C=O) groups is 1. The van der Waals surface area contributed by atoms with Gasteiger partial charge < -0.3 is 4.42 Å². The summed E-state index contributed by atoms with van der Waals surface area (Å²) in [6, 6.07) is 26.3. The molecule has 45 heavy (non-hydrogen) atoms. The van der Waals surface area contributed by atoms with Crippen LogP contribution in [0.15, 0.2) is 116 Å². The number of aromatic nitrogens is 1. The first-order valence-electron chi connectivity index (χ1n) is 14.2. The van der Waals surface area contributed by atoms with Crippen molar-refractivity contribution < 1.29 is 17.6 Å². The van der Waals surface area contributed by atoms with E-state index in [1.807, 2.05) is 49.4 Å². The van der Waals surface area contributed by atoms with Crippen molar-refractivity contribution in [1.82, 2.24) is 9.29 Å². The van der Waals surface area contributed by atoms with Gasteiger partial charge in [-0.3, -0.25) is 9.59 Å². The summed E-state index contributed by atoms with van der Waals surface area (Å²) in [5.41, 5.74) is 4.39. The average molecular weight is 635 g/mol. The molecule has 6 aromatic rings. The van der Waals surface area contributed by atoms with Gasteiger partial charge >= 0.3 is 0 Å². The van der Waals surface area contributed by atoms with E-state index in [0.29, 0.717) is 41.1 Å². The molecule has 0 saturated heterocycles. The lowest BCUT2D eigenvalue weighted by molar-refractivity contribution is 0.0987. The molecule has 3 heterocycles. The minimum Gasteiger partial charge on any atom is -0.463 e. The molecule has 0 aliphatic carbocycles. The Balaban J connectivity index is 1.22. The van der Waals surface area contributed by atoms with Gasteiger partial charge in [0, 0.05) is 18.7 Å². The predicted molar refractivity (Wildman–Crippen MR) is 175 cm³/mol. The highest BCUT2D eigenvalue weighted by Gasteiger charge is 2.29. The van der Waals surface area contributed by atoms with Gasteiger partial charge in [0.2, 0.25) is 20.6 Å². The molecule has 0 spiro atoms. The lowest BCUT2D eigenvalue weighted by Crippen LogP contribution is -2.36. The Hall–Kier alpha value is -4.97. The van der Waals surface area contributed by atoms with Crippen molar-refractivity contribution >= 4 is 59.8 Å². The van der Waals surface area contributed by atoms with Crippen LogP contribution in [0.5, 0.6) is 0 Å². The molecule has 7 rings (SSSR count). The second kappa shape index (κ2) is 11.5. The number of fused-ring (bicyclic) bond motifs is 3. The van der Waals surface area contributed by atoms with E-state index in [4.69, 9.17) is 4.42 Å². The lowest BCUT2D eigenvalue weighted by Gasteiger charge is -2.28. The van der Waals surface area contributed by atoms with Gasteiger partial charge in [-0.25, -0.2) is 13.4 Å². The molecule has 0 unspecified atom stereocenters. The van der Waals surface area contributed by atoms with Crippen LogP contribution >= 0.6 is 11.3 Å². The number of nitrogens with zero attached hydrogens (tertiary/aromatic N) is 4. The molecule has 0 saturated carbocycles. The fourth-order valence-corrected chi connectivity index (χ4v) is 7.76. The van der Waals surface area contributed by atoms with Gasteiger partial charge in [-0.2, -0.15) is 14.4 Å². The second-order valence-corrected chi connectivity index (χ2v) is 13.7. The largest absolute Gasteiger partial charge is 0.463 e. The van der Waals surface area contributed by atoms with Crippen molar-refractivity contribution in [2.45, 2.75) is 24.8 Å². The number of hydrogen-bond acceptors (Lipinski definition) is 8. The molecule has 0 N–H and O–H groups in total. The van der Waals surface area contributed by atoms with E-state index in [1.165, 1.54) is 52.4 Å². The highest BCUT2D eigenvalue weighted by atomic mass is 32.2. The fraction of sp³-hybridized carbons (Fsp3) is 0.118. The summed E-state index contributed by atoms with van der Waals surface area (Å²) < 4.78 is 35.0. The first kappa shape index (κ1) is 28.8. The maximum Gasteiger partial charge on any atom is 0.280 e. The summed E-state index contributed by atoms with van der Waals surface area (Å²) in [6.07, 6.45) is 3.22. The van der Waals surface area contributed by atoms with Gasteiger partial charge in [0.15, 0.2) is 0 Å². The minimum absolute atomic E-state index is 0.0951. The van der Waals surface area contributed by atoms with E-state index < -0.39 is 15.9 Å². The Kier molecular flexibility index (Phi) is 7.36. The summed E-state index contributed by atoms with van der Waals surface area (Å²) in [6.45, 7) is 2.64. The quantitative estimate of drug-likeness (QED) is 0.161. The van der Waals surface area contributed by atoms with E-state index in [0.717, 1.165) is 26.4 Å². The molecular formula is C34H26N4O5S2. The molecule has 9 nitrogen and oxygen atoms in total. The van der Waals surface area contributed by atoms with Crippen LogP contribution in [0.3, 0.4) is 0 Å². The highest BCUT2D eigenvalue weighted by molar-refractivity contribution is 7.89. The molecule has 11 heteroatoms. The summed E-state index contributed by atoms with van der Waals surface area (Å²) in [7, 11) is -3.79. The Morgan fingerprint density at radius 2 is 1.76 bits per heavy atom. The summed E-state index contributed by atoms with van der Waals surface area (Å²) in [4.78, 5) is 31.7. The molecular weight excluding hydrogens is 609 g/mol. The molecule has 4 aromatic carbocycles. The van der Waals surface area contributed by atoms with E-state index in [2.05, 4.69) is 10.1 Å². The molecule has 1 aliphatic rings. The van der Waals surface area contributed by atoms with Crippen molar-refractivity contribution in [3.63, 3.8) is 0 Å². The molecule has 0 radical (unpaired) electrons. The van der Waals surface area contributed by atoms with Crippen LogP contribution in [0.4, 0.5) is 5.13 Å². The summed E-state index contributed by atoms with van der Waals surface area (Å²) >= 11 is 1.28. The van der Waals surface area contributed by atoms with Gasteiger partial charge in [-0.05, 0) is 78.6 Å². The van der Waals surface area contributed by atoms with Gasteiger partial charge in [0.1, 0.15) is 11.8 Å². The SMILES string of the molecule is Cc1ccc2nc(N(/N=C/c3coc4ccccc4c3=O)C(=O)c3ccc(S(=O)(=O)N4CCc5ccccc5C4)cc3)sc2c1. The maximum absolute atomic E-state index is 13.9. The molecule has 0 atom stereocenters. The maximum atomic E-state index is 13.9. The fourth-order valence-electron chi connectivity index (χ4n) is 5.32. The number of rotatable bonds is 6. The standard InChI is InChI=1S/C34H26N4O5S2/c1-22-10-15-29-31(18-22)44-34(36-29)38(35-19-26-21-43-30-9-5-4-8-28(30)32(26)39)33(40)24-11-13-27(14-12-24)45(41,42)37-17-16-23-6-2-3-7-25(23)20-37/h2-15,18-19,21H,16-17,20H2,1H3/b35-19+. The molecule has 2 aromatic heterocycles. The van der Waals surface area contributed by atoms with Crippen molar-refractivity contribution in [3.05, 3.63) is 135 Å². The average Bonchev–Trinajstić information content (AvgIpc) is 3.48. The van der Waals surface area contributed by atoms with Crippen molar-refractivity contribution in [2.75, 3.05) is 11.6 Å². The number of benzene rings is 4. The van der Waals surface area contributed by atoms with Crippen LogP contribution in [-0.2, 0) is 23.0 Å². The van der Waals surface area contributed by atoms with Crippen LogP contribution < -0.4 is 10.4 Å². The molecule has 224 valence electrons. The van der Waals surface area contributed by atoms with Crippen molar-refractivity contribution in [2.24, 2.45) is 5.10 Å². The van der Waals surface area contributed by atoms with Crippen LogP contribution in [0.2, 0.25) is 0 Å². The highest BCUT2D eigenvalue weighted by Crippen LogP contribution is 2.31. The van der Waals surface area contributed by atoms with Crippen LogP contribution in [0.1, 0.15) is 32.6 Å². The number of thiazole rings is 1. The van der Waals surface area contributed by atoms with E-state index >= 15 is 0 Å². The number of aryl methyl sites for hydroxylation is 1. The molecule has 1 aliphatic heterocycles. The second-order valence-electron chi connectivity index (χ2n) is 10.7. The predicted octanol–water partition coefficient (Wildman–Crippen LogP) is 6.14. The normalized spacial score (nSPS) is 13.8. The zero-order valence-electron chi connectivity index (χ0n) is 24.1. The Morgan fingerprint density at radius 3 is 2.58 bits per heavy atom. The van der Waals surface area contributed by atoms with Crippen LogP contribution in [0.25, 0.3) is 21.2 Å². The monoisotopic (exact) mass is 634 g/mol. The lowest BCUT2D eigenvalue weighted by atomic mass is 10.0. The minimum atomic E-state index is -3.79. The third kappa shape index (κ3) is 5.46. The number of sulfonamides is 1. The molecule has 1 amide bonds. The summed E-state index contributed by atoms with van der Waals surface area (Å²) in [5, 5.41) is 6.23. The van der Waals surface area contributed by atoms with Crippen molar-refractivity contribution in [1.29, 1.82) is 0 Å². The summed E-state index contributed by atoms with van der Waals surface area (Å²) in [5.74, 6) is -0.539. The number of carbonyl (C=O) groups excluding carboxylic acids is 1. The smallest absolute Gasteiger partial charge is 0.280 e. The Bertz CT molecular complexity index is 2290. The number of para-hydroxylation sites is 1. The van der Waals surface area contributed by atoms with E-state index in [1.54, 1.807) is 24.3 Å². The van der Waals surface area contributed by atoms with Crippen LogP contribution in [0, 0.1) is 6.92 Å².